The van der Waals surface area contributed by atoms with Crippen LogP contribution >= 0.6 is 11.6 Å². The number of tetrazole rings is 1. The number of carbonyl (C=O) groups excluding carboxylic acids is 2. The van der Waals surface area contributed by atoms with E-state index in [1.54, 1.807) is 38.1 Å². The van der Waals surface area contributed by atoms with Gasteiger partial charge in [0.25, 0.3) is 0 Å². The maximum atomic E-state index is 12.6. The van der Waals surface area contributed by atoms with E-state index in [1.165, 1.54) is 4.90 Å². The van der Waals surface area contributed by atoms with Crippen LogP contribution in [0.2, 0.25) is 5.02 Å². The van der Waals surface area contributed by atoms with Crippen molar-refractivity contribution < 1.29 is 9.59 Å². The van der Waals surface area contributed by atoms with Crippen LogP contribution in [0.5, 0.6) is 0 Å². The van der Waals surface area contributed by atoms with Gasteiger partial charge in [0.1, 0.15) is 12.8 Å². The van der Waals surface area contributed by atoms with Crippen molar-refractivity contribution in [1.29, 1.82) is 0 Å². The van der Waals surface area contributed by atoms with Crippen molar-refractivity contribution in [2.24, 2.45) is 0 Å². The molecule has 0 saturated carbocycles. The molecule has 8 nitrogen and oxygen atoms in total. The molecule has 1 aromatic heterocycles. The van der Waals surface area contributed by atoms with Crippen molar-refractivity contribution in [2.75, 3.05) is 4.90 Å². The molecule has 0 radical (unpaired) electrons. The van der Waals surface area contributed by atoms with Crippen LogP contribution in [0.15, 0.2) is 29.1 Å². The summed E-state index contributed by atoms with van der Waals surface area (Å²) >= 11 is 5.84. The Labute approximate surface area is 130 Å². The number of hydrogen-bond acceptors (Lipinski definition) is 5. The van der Waals surface area contributed by atoms with Gasteiger partial charge in [-0.3, -0.25) is 4.90 Å². The summed E-state index contributed by atoms with van der Waals surface area (Å²) in [5.74, 6) is 0. The van der Waals surface area contributed by atoms with Gasteiger partial charge in [-0.15, -0.1) is 4.68 Å². The second kappa shape index (κ2) is 6.52. The molecule has 0 spiro atoms. The molecule has 1 heterocycles. The molecule has 0 atom stereocenters. The summed E-state index contributed by atoms with van der Waals surface area (Å²) in [5.41, 5.74) is -0.196. The average Bonchev–Trinajstić information content (AvgIpc) is 2.83. The Bertz CT molecular complexity index is 735. The molecule has 2 rings (SSSR count). The van der Waals surface area contributed by atoms with Gasteiger partial charge in [0, 0.05) is 16.8 Å². The van der Waals surface area contributed by atoms with E-state index >= 15 is 0 Å². The first-order valence-electron chi connectivity index (χ1n) is 6.51. The number of benzene rings is 1. The Morgan fingerprint density at radius 3 is 2.50 bits per heavy atom. The largest absolute Gasteiger partial charge is 0.372 e. The van der Waals surface area contributed by atoms with E-state index in [2.05, 4.69) is 10.4 Å². The predicted molar refractivity (Wildman–Crippen MR) is 80.2 cm³/mol. The van der Waals surface area contributed by atoms with E-state index in [4.69, 9.17) is 11.6 Å². The summed E-state index contributed by atoms with van der Waals surface area (Å²) in [7, 11) is 0. The number of aromatic nitrogens is 4. The smallest absolute Gasteiger partial charge is 0.301 e. The summed E-state index contributed by atoms with van der Waals surface area (Å²) in [6, 6.07) is 5.75. The van der Waals surface area contributed by atoms with Crippen molar-refractivity contribution >= 4 is 29.6 Å². The van der Waals surface area contributed by atoms with Gasteiger partial charge in [-0.1, -0.05) is 11.6 Å². The molecule has 22 heavy (non-hydrogen) atoms. The highest BCUT2D eigenvalue weighted by atomic mass is 35.5. The van der Waals surface area contributed by atoms with E-state index in [0.29, 0.717) is 21.7 Å². The molecule has 0 aliphatic rings. The maximum Gasteiger partial charge on any atom is 0.372 e. The van der Waals surface area contributed by atoms with Gasteiger partial charge in [-0.05, 0) is 48.5 Å². The zero-order valence-electron chi connectivity index (χ0n) is 12.0. The standard InChI is InChI=1S/C13H14ClN5O3/c1-9(2)18(11-5-3-10(14)4-6-11)13(22)19-12(21)17(7-8-20)15-16-19/h3-6,8-9H,7H2,1-2H3. The lowest BCUT2D eigenvalue weighted by Crippen LogP contribution is -2.44. The highest BCUT2D eigenvalue weighted by molar-refractivity contribution is 6.30. The fourth-order valence-corrected chi connectivity index (χ4v) is 2.04. The Kier molecular flexibility index (Phi) is 4.71. The predicted octanol–water partition coefficient (Wildman–Crippen LogP) is 1.18. The van der Waals surface area contributed by atoms with Crippen LogP contribution in [-0.4, -0.2) is 38.1 Å². The number of anilines is 1. The van der Waals surface area contributed by atoms with Crippen LogP contribution in [0, 0.1) is 0 Å². The number of carbonyl (C=O) groups is 2. The molecule has 0 fully saturated rings. The summed E-state index contributed by atoms with van der Waals surface area (Å²) in [5, 5.41) is 7.55. The lowest BCUT2D eigenvalue weighted by molar-refractivity contribution is -0.108. The van der Waals surface area contributed by atoms with Crippen molar-refractivity contribution in [3.63, 3.8) is 0 Å². The minimum atomic E-state index is -0.767. The molecule has 0 saturated heterocycles. The SMILES string of the molecule is CC(C)N(C(=O)n1nnn(CC=O)c1=O)c1ccc(Cl)cc1. The highest BCUT2D eigenvalue weighted by Gasteiger charge is 2.24. The molecule has 0 aliphatic carbocycles. The number of aldehydes is 1. The molecule has 9 heteroatoms. The molecule has 1 amide bonds. The van der Waals surface area contributed by atoms with Gasteiger partial charge in [-0.2, -0.15) is 4.68 Å². The van der Waals surface area contributed by atoms with E-state index < -0.39 is 11.7 Å². The number of nitrogens with zero attached hydrogens (tertiary/aromatic N) is 5. The molecular formula is C13H14ClN5O3. The maximum absolute atomic E-state index is 12.6. The first-order chi connectivity index (χ1) is 10.5. The van der Waals surface area contributed by atoms with Gasteiger partial charge in [0.2, 0.25) is 0 Å². The third-order valence-electron chi connectivity index (χ3n) is 2.90. The molecular weight excluding hydrogens is 310 g/mol. The summed E-state index contributed by atoms with van der Waals surface area (Å²) in [4.78, 5) is 36.4. The normalized spacial score (nSPS) is 10.7. The lowest BCUT2D eigenvalue weighted by atomic mass is 10.2. The first kappa shape index (κ1) is 15.9. The second-order valence-corrected chi connectivity index (χ2v) is 5.18. The molecule has 0 N–H and O–H groups in total. The number of halogens is 1. The Balaban J connectivity index is 2.41. The summed E-state index contributed by atoms with van der Waals surface area (Å²) < 4.78 is 1.43. The molecule has 116 valence electrons. The van der Waals surface area contributed by atoms with E-state index in [9.17, 15) is 14.4 Å². The van der Waals surface area contributed by atoms with Crippen molar-refractivity contribution in [3.05, 3.63) is 39.8 Å². The van der Waals surface area contributed by atoms with E-state index in [-0.39, 0.29) is 12.6 Å². The lowest BCUT2D eigenvalue weighted by Gasteiger charge is -2.25. The molecule has 0 aliphatic heterocycles. The van der Waals surface area contributed by atoms with E-state index in [1.807, 2.05) is 0 Å². The monoisotopic (exact) mass is 323 g/mol. The minimum absolute atomic E-state index is 0.225. The van der Waals surface area contributed by atoms with Gasteiger partial charge < -0.3 is 4.79 Å². The second-order valence-electron chi connectivity index (χ2n) is 4.74. The van der Waals surface area contributed by atoms with Crippen molar-refractivity contribution in [1.82, 2.24) is 19.8 Å². The average molecular weight is 324 g/mol. The molecule has 0 unspecified atom stereocenters. The Morgan fingerprint density at radius 2 is 1.95 bits per heavy atom. The fourth-order valence-electron chi connectivity index (χ4n) is 1.91. The zero-order valence-corrected chi connectivity index (χ0v) is 12.8. The van der Waals surface area contributed by atoms with Crippen LogP contribution in [-0.2, 0) is 11.3 Å². The van der Waals surface area contributed by atoms with Crippen LogP contribution in [0.25, 0.3) is 0 Å². The first-order valence-corrected chi connectivity index (χ1v) is 6.89. The fraction of sp³-hybridized carbons (Fsp3) is 0.308. The Hall–Kier alpha value is -2.48. The van der Waals surface area contributed by atoms with E-state index in [0.717, 1.165) is 4.68 Å². The Morgan fingerprint density at radius 1 is 1.32 bits per heavy atom. The quantitative estimate of drug-likeness (QED) is 0.622. The van der Waals surface area contributed by atoms with Crippen LogP contribution < -0.4 is 10.6 Å². The van der Waals surface area contributed by atoms with Gasteiger partial charge in [-0.25, -0.2) is 9.59 Å². The molecule has 1 aromatic carbocycles. The third kappa shape index (κ3) is 3.06. The third-order valence-corrected chi connectivity index (χ3v) is 3.15. The molecule has 0 bridgehead atoms. The highest BCUT2D eigenvalue weighted by Crippen LogP contribution is 2.20. The summed E-state index contributed by atoms with van der Waals surface area (Å²) in [6.45, 7) is 3.34. The van der Waals surface area contributed by atoms with Crippen LogP contribution in [0.3, 0.4) is 0 Å². The minimum Gasteiger partial charge on any atom is -0.301 e. The summed E-state index contributed by atoms with van der Waals surface area (Å²) in [6.07, 6.45) is 0.504. The molecule has 2 aromatic rings. The number of amides is 1. The number of rotatable bonds is 4. The van der Waals surface area contributed by atoms with Crippen LogP contribution in [0.4, 0.5) is 10.5 Å². The van der Waals surface area contributed by atoms with Crippen molar-refractivity contribution in [2.45, 2.75) is 26.4 Å². The zero-order chi connectivity index (χ0) is 16.3. The van der Waals surface area contributed by atoms with Gasteiger partial charge in [0.15, 0.2) is 0 Å². The topological polar surface area (TPSA) is 90.1 Å². The van der Waals surface area contributed by atoms with Crippen LogP contribution in [0.1, 0.15) is 13.8 Å². The van der Waals surface area contributed by atoms with Gasteiger partial charge >= 0.3 is 11.7 Å². The van der Waals surface area contributed by atoms with Gasteiger partial charge in [0.05, 0.1) is 0 Å². The number of hydrogen-bond donors (Lipinski definition) is 0. The van der Waals surface area contributed by atoms with Crippen molar-refractivity contribution in [3.8, 4) is 0 Å².